The Morgan fingerprint density at radius 2 is 2.00 bits per heavy atom. The van der Waals surface area contributed by atoms with Gasteiger partial charge < -0.3 is 10.2 Å². The largest absolute Gasteiger partial charge is 0.349 e. The molecular weight excluding hydrogens is 283 g/mol. The molecule has 20 heavy (non-hydrogen) atoms. The fraction of sp³-hybridized carbons (Fsp3) is 0.429. The van der Waals surface area contributed by atoms with Crippen molar-refractivity contribution < 1.29 is 14.0 Å². The van der Waals surface area contributed by atoms with Crippen LogP contribution in [0.15, 0.2) is 18.2 Å². The minimum absolute atomic E-state index is 0.0342. The second-order valence-corrected chi connectivity index (χ2v) is 5.26. The average molecular weight is 299 g/mol. The molecule has 2 rings (SSSR count). The molecule has 1 aromatic rings. The number of hydrogen-bond donors (Lipinski definition) is 1. The topological polar surface area (TPSA) is 49.4 Å². The smallest absolute Gasteiger partial charge is 0.255 e. The quantitative estimate of drug-likeness (QED) is 0.910. The van der Waals surface area contributed by atoms with E-state index in [-0.39, 0.29) is 22.5 Å². The number of benzene rings is 1. The van der Waals surface area contributed by atoms with E-state index in [1.54, 1.807) is 4.90 Å². The van der Waals surface area contributed by atoms with Gasteiger partial charge in [-0.3, -0.25) is 9.59 Å². The molecule has 6 heteroatoms. The molecule has 0 aliphatic carbocycles. The number of halogens is 2. The molecule has 0 atom stereocenters. The van der Waals surface area contributed by atoms with Crippen molar-refractivity contribution in [2.45, 2.75) is 25.8 Å². The van der Waals surface area contributed by atoms with Crippen molar-refractivity contribution in [1.29, 1.82) is 0 Å². The first kappa shape index (κ1) is 14.8. The minimum atomic E-state index is -0.629. The normalized spacial score (nSPS) is 16.1. The second kappa shape index (κ2) is 6.22. The van der Waals surface area contributed by atoms with Gasteiger partial charge in [-0.2, -0.15) is 0 Å². The zero-order chi connectivity index (χ0) is 14.7. The van der Waals surface area contributed by atoms with Crippen LogP contribution >= 0.6 is 11.6 Å². The zero-order valence-corrected chi connectivity index (χ0v) is 11.9. The van der Waals surface area contributed by atoms with Crippen LogP contribution in [0.4, 0.5) is 4.39 Å². The summed E-state index contributed by atoms with van der Waals surface area (Å²) < 4.78 is 13.6. The highest BCUT2D eigenvalue weighted by molar-refractivity contribution is 6.33. The van der Waals surface area contributed by atoms with E-state index in [2.05, 4.69) is 5.32 Å². The highest BCUT2D eigenvalue weighted by Crippen LogP contribution is 2.19. The van der Waals surface area contributed by atoms with E-state index in [1.807, 2.05) is 0 Å². The Morgan fingerprint density at radius 3 is 2.55 bits per heavy atom. The summed E-state index contributed by atoms with van der Waals surface area (Å²) in [6, 6.07) is 4.09. The van der Waals surface area contributed by atoms with E-state index in [9.17, 15) is 14.0 Å². The van der Waals surface area contributed by atoms with Crippen molar-refractivity contribution in [2.24, 2.45) is 0 Å². The van der Waals surface area contributed by atoms with Gasteiger partial charge in [-0.25, -0.2) is 4.39 Å². The number of likely N-dealkylation sites (tertiary alicyclic amines) is 1. The van der Waals surface area contributed by atoms with Crippen molar-refractivity contribution in [3.63, 3.8) is 0 Å². The fourth-order valence-corrected chi connectivity index (χ4v) is 2.56. The summed E-state index contributed by atoms with van der Waals surface area (Å²) >= 11 is 5.85. The molecule has 0 saturated carbocycles. The molecule has 4 nitrogen and oxygen atoms in total. The molecule has 1 N–H and O–H groups in total. The number of rotatable bonds is 2. The molecule has 0 bridgehead atoms. The number of hydrogen-bond acceptors (Lipinski definition) is 2. The van der Waals surface area contributed by atoms with Crippen LogP contribution in [0.1, 0.15) is 30.1 Å². The lowest BCUT2D eigenvalue weighted by atomic mass is 10.0. The number of amides is 2. The molecule has 1 fully saturated rings. The molecule has 0 aromatic heterocycles. The summed E-state index contributed by atoms with van der Waals surface area (Å²) in [4.78, 5) is 25.0. The van der Waals surface area contributed by atoms with Gasteiger partial charge in [0.15, 0.2) is 0 Å². The van der Waals surface area contributed by atoms with Crippen LogP contribution in [0.5, 0.6) is 0 Å². The van der Waals surface area contributed by atoms with Crippen LogP contribution in [0, 0.1) is 5.82 Å². The summed E-state index contributed by atoms with van der Waals surface area (Å²) in [6.07, 6.45) is 1.33. The zero-order valence-electron chi connectivity index (χ0n) is 11.2. The van der Waals surface area contributed by atoms with Gasteiger partial charge in [0.2, 0.25) is 5.91 Å². The van der Waals surface area contributed by atoms with Gasteiger partial charge in [-0.15, -0.1) is 0 Å². The van der Waals surface area contributed by atoms with Crippen molar-refractivity contribution in [3.05, 3.63) is 34.6 Å². The molecule has 0 spiro atoms. The lowest BCUT2D eigenvalue weighted by Gasteiger charge is -2.31. The van der Waals surface area contributed by atoms with E-state index in [4.69, 9.17) is 11.6 Å². The Hall–Kier alpha value is -1.62. The van der Waals surface area contributed by atoms with E-state index < -0.39 is 11.7 Å². The predicted octanol–water partition coefficient (Wildman–Crippen LogP) is 2.22. The van der Waals surface area contributed by atoms with Gasteiger partial charge in [0, 0.05) is 26.1 Å². The summed E-state index contributed by atoms with van der Waals surface area (Å²) in [5.41, 5.74) is -0.122. The maximum absolute atomic E-state index is 13.6. The summed E-state index contributed by atoms with van der Waals surface area (Å²) in [5, 5.41) is 2.88. The van der Waals surface area contributed by atoms with Gasteiger partial charge in [0.25, 0.3) is 5.91 Å². The average Bonchev–Trinajstić information content (AvgIpc) is 2.39. The van der Waals surface area contributed by atoms with Gasteiger partial charge >= 0.3 is 0 Å². The molecule has 0 unspecified atom stereocenters. The molecule has 1 aromatic carbocycles. The number of carbonyl (C=O) groups excluding carboxylic acids is 2. The Balaban J connectivity index is 1.98. The molecule has 1 aliphatic heterocycles. The van der Waals surface area contributed by atoms with E-state index in [1.165, 1.54) is 25.1 Å². The number of carbonyl (C=O) groups is 2. The highest BCUT2D eigenvalue weighted by Gasteiger charge is 2.24. The van der Waals surface area contributed by atoms with Crippen LogP contribution in [0.2, 0.25) is 5.02 Å². The minimum Gasteiger partial charge on any atom is -0.349 e. The van der Waals surface area contributed by atoms with Gasteiger partial charge in [0.1, 0.15) is 5.82 Å². The Morgan fingerprint density at radius 1 is 1.35 bits per heavy atom. The van der Waals surface area contributed by atoms with Gasteiger partial charge in [-0.1, -0.05) is 17.7 Å². The van der Waals surface area contributed by atoms with Gasteiger partial charge in [0.05, 0.1) is 10.6 Å². The fourth-order valence-electron chi connectivity index (χ4n) is 2.31. The molecule has 0 radical (unpaired) electrons. The standard InChI is InChI=1S/C14H16ClFN2O2/c1-9(19)18-7-5-10(6-8-18)17-14(20)13-11(15)3-2-4-12(13)16/h2-4,10H,5-8H2,1H3,(H,17,20). The number of piperidine rings is 1. The lowest BCUT2D eigenvalue weighted by Crippen LogP contribution is -2.46. The highest BCUT2D eigenvalue weighted by atomic mass is 35.5. The molecule has 1 heterocycles. The summed E-state index contributed by atoms with van der Waals surface area (Å²) in [6.45, 7) is 2.73. The van der Waals surface area contributed by atoms with Crippen LogP contribution in [-0.4, -0.2) is 35.8 Å². The molecular formula is C14H16ClFN2O2. The first-order valence-electron chi connectivity index (χ1n) is 6.49. The number of nitrogens with zero attached hydrogens (tertiary/aromatic N) is 1. The SMILES string of the molecule is CC(=O)N1CCC(NC(=O)c2c(F)cccc2Cl)CC1. The van der Waals surface area contributed by atoms with Gasteiger partial charge in [-0.05, 0) is 25.0 Å². The van der Waals surface area contributed by atoms with E-state index in [0.717, 1.165) is 0 Å². The van der Waals surface area contributed by atoms with Crippen molar-refractivity contribution in [3.8, 4) is 0 Å². The first-order chi connectivity index (χ1) is 9.49. The molecule has 1 saturated heterocycles. The Bertz CT molecular complexity index is 508. The van der Waals surface area contributed by atoms with Crippen LogP contribution in [0.25, 0.3) is 0 Å². The molecule has 2 amide bonds. The third-order valence-corrected chi connectivity index (χ3v) is 3.78. The van der Waals surface area contributed by atoms with Crippen LogP contribution in [0.3, 0.4) is 0 Å². The Labute approximate surface area is 121 Å². The second-order valence-electron chi connectivity index (χ2n) is 4.85. The maximum atomic E-state index is 13.6. The van der Waals surface area contributed by atoms with Crippen LogP contribution in [-0.2, 0) is 4.79 Å². The van der Waals surface area contributed by atoms with Crippen LogP contribution < -0.4 is 5.32 Å². The summed E-state index contributed by atoms with van der Waals surface area (Å²) in [5.74, 6) is -1.10. The lowest BCUT2D eigenvalue weighted by molar-refractivity contribution is -0.129. The van der Waals surface area contributed by atoms with Crippen molar-refractivity contribution >= 4 is 23.4 Å². The van der Waals surface area contributed by atoms with E-state index >= 15 is 0 Å². The molecule has 108 valence electrons. The third-order valence-electron chi connectivity index (χ3n) is 3.47. The van der Waals surface area contributed by atoms with E-state index in [0.29, 0.717) is 25.9 Å². The van der Waals surface area contributed by atoms with Crippen molar-refractivity contribution in [2.75, 3.05) is 13.1 Å². The monoisotopic (exact) mass is 298 g/mol. The molecule has 1 aliphatic rings. The maximum Gasteiger partial charge on any atom is 0.255 e. The first-order valence-corrected chi connectivity index (χ1v) is 6.87. The Kier molecular flexibility index (Phi) is 4.60. The summed E-state index contributed by atoms with van der Waals surface area (Å²) in [7, 11) is 0. The number of nitrogens with one attached hydrogen (secondary N) is 1. The van der Waals surface area contributed by atoms with Crippen molar-refractivity contribution in [1.82, 2.24) is 10.2 Å². The predicted molar refractivity (Wildman–Crippen MR) is 74.2 cm³/mol. The third kappa shape index (κ3) is 3.28.